The summed E-state index contributed by atoms with van der Waals surface area (Å²) in [5.41, 5.74) is 0.627. The lowest BCUT2D eigenvalue weighted by Crippen LogP contribution is -2.23. The van der Waals surface area contributed by atoms with E-state index < -0.39 is 0 Å². The van der Waals surface area contributed by atoms with Gasteiger partial charge < -0.3 is 15.4 Å². The van der Waals surface area contributed by atoms with Crippen LogP contribution in [-0.4, -0.2) is 13.1 Å². The molecule has 20 heavy (non-hydrogen) atoms. The molecule has 2 N–H and O–H groups in total. The zero-order chi connectivity index (χ0) is 14.4. The van der Waals surface area contributed by atoms with E-state index in [1.807, 2.05) is 0 Å². The summed E-state index contributed by atoms with van der Waals surface area (Å²) in [6.45, 7) is 0. The number of nitrogens with one attached hydrogen (secondary N) is 2. The number of methoxy groups -OCH3 is 1. The third-order valence-corrected chi connectivity index (χ3v) is 3.69. The van der Waals surface area contributed by atoms with Crippen molar-refractivity contribution in [1.82, 2.24) is 5.32 Å². The molecular weight excluding hydrogens is 276 g/mol. The van der Waals surface area contributed by atoms with E-state index in [1.54, 1.807) is 31.5 Å². The molecule has 0 atom stereocenters. The molecule has 0 unspecified atom stereocenters. The van der Waals surface area contributed by atoms with Gasteiger partial charge >= 0.3 is 6.03 Å². The van der Waals surface area contributed by atoms with E-state index in [0.29, 0.717) is 22.4 Å². The Kier molecular flexibility index (Phi) is 5.30. The van der Waals surface area contributed by atoms with Gasteiger partial charge in [-0.25, -0.2) is 4.79 Å². The Morgan fingerprint density at radius 1 is 1.40 bits per heavy atom. The Balaban J connectivity index is 1.83. The summed E-state index contributed by atoms with van der Waals surface area (Å²) >= 11 is 5.99. The number of ether oxygens (including phenoxy) is 1. The first kappa shape index (κ1) is 14.7. The maximum atomic E-state index is 11.7. The van der Waals surface area contributed by atoms with Crippen molar-refractivity contribution in [2.75, 3.05) is 12.4 Å². The zero-order valence-electron chi connectivity index (χ0n) is 11.5. The van der Waals surface area contributed by atoms with Crippen molar-refractivity contribution in [3.8, 4) is 5.75 Å². The Labute approximate surface area is 124 Å². The molecule has 0 saturated heterocycles. The minimum absolute atomic E-state index is 0.277. The second kappa shape index (κ2) is 7.20. The van der Waals surface area contributed by atoms with Gasteiger partial charge in [-0.2, -0.15) is 0 Å². The van der Waals surface area contributed by atoms with Crippen molar-refractivity contribution in [2.45, 2.75) is 25.7 Å². The van der Waals surface area contributed by atoms with E-state index in [2.05, 4.69) is 16.7 Å². The smallest absolute Gasteiger partial charge is 0.323 e. The Morgan fingerprint density at radius 2 is 2.15 bits per heavy atom. The number of carbonyl (C=O) groups is 1. The highest BCUT2D eigenvalue weighted by atomic mass is 35.5. The predicted molar refractivity (Wildman–Crippen MR) is 81.3 cm³/mol. The van der Waals surface area contributed by atoms with Crippen LogP contribution in [0.15, 0.2) is 30.5 Å². The minimum atomic E-state index is -0.277. The quantitative estimate of drug-likeness (QED) is 0.875. The summed E-state index contributed by atoms with van der Waals surface area (Å²) in [6, 6.07) is 4.83. The van der Waals surface area contributed by atoms with Gasteiger partial charge in [-0.15, -0.1) is 0 Å². The van der Waals surface area contributed by atoms with Gasteiger partial charge in [-0.1, -0.05) is 30.5 Å². The highest BCUT2D eigenvalue weighted by Gasteiger charge is 2.11. The SMILES string of the molecule is COc1ccc(NC(=O)N/C=C/C2CCCC2)cc1Cl. The van der Waals surface area contributed by atoms with Crippen LogP contribution in [0.5, 0.6) is 5.75 Å². The minimum Gasteiger partial charge on any atom is -0.495 e. The number of carbonyl (C=O) groups excluding carboxylic acids is 1. The molecule has 1 aliphatic rings. The van der Waals surface area contributed by atoms with E-state index in [1.165, 1.54) is 25.7 Å². The molecule has 1 aliphatic carbocycles. The lowest BCUT2D eigenvalue weighted by Gasteiger charge is -2.08. The molecule has 1 saturated carbocycles. The van der Waals surface area contributed by atoms with Gasteiger partial charge in [0.05, 0.1) is 12.1 Å². The van der Waals surface area contributed by atoms with E-state index in [-0.39, 0.29) is 6.03 Å². The summed E-state index contributed by atoms with van der Waals surface area (Å²) in [5, 5.41) is 5.88. The molecule has 0 aliphatic heterocycles. The highest BCUT2D eigenvalue weighted by Crippen LogP contribution is 2.27. The average molecular weight is 295 g/mol. The number of urea groups is 1. The summed E-state index contributed by atoms with van der Waals surface area (Å²) in [4.78, 5) is 11.7. The predicted octanol–water partition coefficient (Wildman–Crippen LogP) is 4.17. The van der Waals surface area contributed by atoms with Crippen LogP contribution < -0.4 is 15.4 Å². The Bertz CT molecular complexity index is 497. The van der Waals surface area contributed by atoms with E-state index in [9.17, 15) is 4.79 Å². The summed E-state index contributed by atoms with van der Waals surface area (Å²) in [6.07, 6.45) is 8.78. The topological polar surface area (TPSA) is 50.4 Å². The molecule has 1 fully saturated rings. The molecule has 0 bridgehead atoms. The lowest BCUT2D eigenvalue weighted by atomic mass is 10.1. The zero-order valence-corrected chi connectivity index (χ0v) is 12.2. The molecule has 2 amide bonds. The summed E-state index contributed by atoms with van der Waals surface area (Å²) < 4.78 is 5.06. The number of rotatable bonds is 4. The van der Waals surface area contributed by atoms with Crippen molar-refractivity contribution >= 4 is 23.3 Å². The number of allylic oxidation sites excluding steroid dienone is 1. The van der Waals surface area contributed by atoms with E-state index in [4.69, 9.17) is 16.3 Å². The van der Waals surface area contributed by atoms with Crippen molar-refractivity contribution < 1.29 is 9.53 Å². The van der Waals surface area contributed by atoms with Gasteiger partial charge in [0.15, 0.2) is 0 Å². The summed E-state index contributed by atoms with van der Waals surface area (Å²) in [7, 11) is 1.55. The van der Waals surface area contributed by atoms with Gasteiger partial charge in [0, 0.05) is 11.9 Å². The fourth-order valence-corrected chi connectivity index (χ4v) is 2.58. The van der Waals surface area contributed by atoms with Crippen LogP contribution in [0.1, 0.15) is 25.7 Å². The first-order valence-electron chi connectivity index (χ1n) is 6.77. The van der Waals surface area contributed by atoms with Crippen LogP contribution >= 0.6 is 11.6 Å². The number of hydrogen-bond acceptors (Lipinski definition) is 2. The molecule has 0 heterocycles. The van der Waals surface area contributed by atoms with Crippen molar-refractivity contribution in [3.05, 3.63) is 35.5 Å². The Hall–Kier alpha value is -1.68. The van der Waals surface area contributed by atoms with Gasteiger partial charge in [0.25, 0.3) is 0 Å². The maximum absolute atomic E-state index is 11.7. The monoisotopic (exact) mass is 294 g/mol. The van der Waals surface area contributed by atoms with Gasteiger partial charge in [0.1, 0.15) is 5.75 Å². The molecule has 0 spiro atoms. The van der Waals surface area contributed by atoms with Crippen LogP contribution in [-0.2, 0) is 0 Å². The average Bonchev–Trinajstić information content (AvgIpc) is 2.92. The molecule has 5 heteroatoms. The Morgan fingerprint density at radius 3 is 2.80 bits per heavy atom. The van der Waals surface area contributed by atoms with Crippen molar-refractivity contribution in [2.24, 2.45) is 5.92 Å². The van der Waals surface area contributed by atoms with Gasteiger partial charge in [-0.3, -0.25) is 0 Å². The number of hydrogen-bond donors (Lipinski definition) is 2. The third kappa shape index (κ3) is 4.17. The van der Waals surface area contributed by atoms with Gasteiger partial charge in [0.2, 0.25) is 0 Å². The molecule has 1 aromatic carbocycles. The molecule has 0 radical (unpaired) electrons. The van der Waals surface area contributed by atoms with Gasteiger partial charge in [-0.05, 0) is 37.0 Å². The van der Waals surface area contributed by atoms with Crippen LogP contribution in [0.2, 0.25) is 5.02 Å². The number of amides is 2. The number of halogens is 1. The molecule has 2 rings (SSSR count). The first-order chi connectivity index (χ1) is 9.69. The molecule has 1 aromatic rings. The third-order valence-electron chi connectivity index (χ3n) is 3.39. The normalized spacial score (nSPS) is 15.5. The fourth-order valence-electron chi connectivity index (χ4n) is 2.32. The largest absolute Gasteiger partial charge is 0.495 e. The van der Waals surface area contributed by atoms with Crippen LogP contribution in [0.25, 0.3) is 0 Å². The van der Waals surface area contributed by atoms with E-state index >= 15 is 0 Å². The van der Waals surface area contributed by atoms with Crippen LogP contribution in [0.4, 0.5) is 10.5 Å². The van der Waals surface area contributed by atoms with Crippen LogP contribution in [0, 0.1) is 5.92 Å². The standard InChI is InChI=1S/C15H19ClN2O2/c1-20-14-7-6-12(10-13(14)16)18-15(19)17-9-8-11-4-2-3-5-11/h6-11H,2-5H2,1H3,(H2,17,18,19)/b9-8+. The number of benzene rings is 1. The van der Waals surface area contributed by atoms with Crippen LogP contribution in [0.3, 0.4) is 0 Å². The highest BCUT2D eigenvalue weighted by molar-refractivity contribution is 6.32. The second-order valence-corrected chi connectivity index (χ2v) is 5.26. The maximum Gasteiger partial charge on any atom is 0.323 e. The molecule has 4 nitrogen and oxygen atoms in total. The first-order valence-corrected chi connectivity index (χ1v) is 7.14. The van der Waals surface area contributed by atoms with Crippen molar-refractivity contribution in [1.29, 1.82) is 0 Å². The second-order valence-electron chi connectivity index (χ2n) is 4.85. The molecule has 0 aromatic heterocycles. The molecular formula is C15H19ClN2O2. The number of anilines is 1. The fraction of sp³-hybridized carbons (Fsp3) is 0.400. The molecule has 108 valence electrons. The lowest BCUT2D eigenvalue weighted by molar-refractivity contribution is 0.255. The van der Waals surface area contributed by atoms with E-state index in [0.717, 1.165) is 0 Å². The summed E-state index contributed by atoms with van der Waals surface area (Å²) in [5.74, 6) is 1.18. The van der Waals surface area contributed by atoms with Crippen molar-refractivity contribution in [3.63, 3.8) is 0 Å².